The van der Waals surface area contributed by atoms with Crippen LogP contribution in [-0.4, -0.2) is 37.6 Å². The van der Waals surface area contributed by atoms with E-state index in [1.807, 2.05) is 34.6 Å². The lowest BCUT2D eigenvalue weighted by atomic mass is 10.2. The van der Waals surface area contributed by atoms with Gasteiger partial charge in [0.1, 0.15) is 0 Å². The summed E-state index contributed by atoms with van der Waals surface area (Å²) < 4.78 is 16.8. The van der Waals surface area contributed by atoms with Gasteiger partial charge in [-0.3, -0.25) is 0 Å². The highest BCUT2D eigenvalue weighted by molar-refractivity contribution is 4.61. The summed E-state index contributed by atoms with van der Waals surface area (Å²) in [6.45, 7) is 14.4. The molecule has 0 aliphatic heterocycles. The Morgan fingerprint density at radius 2 is 1.50 bits per heavy atom. The predicted octanol–water partition coefficient (Wildman–Crippen LogP) is 3.02. The zero-order valence-electron chi connectivity index (χ0n) is 11.7. The van der Waals surface area contributed by atoms with Gasteiger partial charge in [-0.1, -0.05) is 6.92 Å². The molecule has 0 heterocycles. The van der Waals surface area contributed by atoms with E-state index in [1.165, 1.54) is 0 Å². The summed E-state index contributed by atoms with van der Waals surface area (Å²) in [5.74, 6) is 0. The monoisotopic (exact) mass is 232 g/mol. The molecule has 0 amide bonds. The van der Waals surface area contributed by atoms with Crippen molar-refractivity contribution in [1.82, 2.24) is 0 Å². The lowest BCUT2D eigenvalue weighted by molar-refractivity contribution is -0.0877. The van der Waals surface area contributed by atoms with Crippen molar-refractivity contribution in [3.05, 3.63) is 0 Å². The highest BCUT2D eigenvalue weighted by atomic mass is 16.6. The lowest BCUT2D eigenvalue weighted by Gasteiger charge is -2.23. The van der Waals surface area contributed by atoms with E-state index in [-0.39, 0.29) is 17.8 Å². The highest BCUT2D eigenvalue weighted by Gasteiger charge is 2.13. The van der Waals surface area contributed by atoms with Crippen LogP contribution < -0.4 is 0 Å². The van der Waals surface area contributed by atoms with Crippen LogP contribution in [0.1, 0.15) is 48.0 Å². The van der Waals surface area contributed by atoms with Crippen LogP contribution in [0.5, 0.6) is 0 Å². The van der Waals surface area contributed by atoms with Crippen LogP contribution in [0.4, 0.5) is 0 Å². The van der Waals surface area contributed by atoms with E-state index in [9.17, 15) is 0 Å². The second-order valence-electron chi connectivity index (χ2n) is 5.25. The van der Waals surface area contributed by atoms with Crippen LogP contribution in [0.25, 0.3) is 0 Å². The molecular formula is C13H28O3. The van der Waals surface area contributed by atoms with Crippen molar-refractivity contribution in [3.8, 4) is 0 Å². The predicted molar refractivity (Wildman–Crippen MR) is 66.8 cm³/mol. The largest absolute Gasteiger partial charge is 0.376 e. The van der Waals surface area contributed by atoms with Crippen molar-refractivity contribution in [2.75, 3.05) is 19.8 Å². The van der Waals surface area contributed by atoms with Crippen LogP contribution in [0.2, 0.25) is 0 Å². The number of hydrogen-bond donors (Lipinski definition) is 0. The Morgan fingerprint density at radius 3 is 2.00 bits per heavy atom. The van der Waals surface area contributed by atoms with Crippen LogP contribution in [0.15, 0.2) is 0 Å². The topological polar surface area (TPSA) is 27.7 Å². The maximum atomic E-state index is 5.65. The van der Waals surface area contributed by atoms with E-state index in [0.717, 1.165) is 13.0 Å². The second-order valence-corrected chi connectivity index (χ2v) is 5.25. The fourth-order valence-electron chi connectivity index (χ4n) is 1.08. The van der Waals surface area contributed by atoms with Gasteiger partial charge in [-0.2, -0.15) is 0 Å². The van der Waals surface area contributed by atoms with E-state index >= 15 is 0 Å². The Balaban J connectivity index is 3.53. The molecule has 0 fully saturated rings. The molecule has 0 radical (unpaired) electrons. The normalized spacial score (nSPS) is 16.1. The van der Waals surface area contributed by atoms with Gasteiger partial charge in [-0.15, -0.1) is 0 Å². The van der Waals surface area contributed by atoms with Gasteiger partial charge in [0, 0.05) is 6.61 Å². The third-order valence-electron chi connectivity index (χ3n) is 1.97. The summed E-state index contributed by atoms with van der Waals surface area (Å²) in [6, 6.07) is 0. The molecule has 2 atom stereocenters. The summed E-state index contributed by atoms with van der Waals surface area (Å²) in [5.41, 5.74) is -0.0953. The van der Waals surface area contributed by atoms with E-state index in [1.54, 1.807) is 0 Å². The zero-order chi connectivity index (χ0) is 12.6. The van der Waals surface area contributed by atoms with Crippen LogP contribution in [0, 0.1) is 0 Å². The summed E-state index contributed by atoms with van der Waals surface area (Å²) in [5, 5.41) is 0. The zero-order valence-corrected chi connectivity index (χ0v) is 11.7. The molecule has 0 aliphatic carbocycles. The molecule has 98 valence electrons. The molecule has 0 N–H and O–H groups in total. The lowest BCUT2D eigenvalue weighted by Crippen LogP contribution is -2.28. The maximum absolute atomic E-state index is 5.65. The summed E-state index contributed by atoms with van der Waals surface area (Å²) in [7, 11) is 0. The van der Waals surface area contributed by atoms with Crippen molar-refractivity contribution in [3.63, 3.8) is 0 Å². The molecule has 3 heteroatoms. The molecule has 0 saturated carbocycles. The SMILES string of the molecule is CCCOC(C)COC(C)COC(C)(C)C. The van der Waals surface area contributed by atoms with Crippen LogP contribution >= 0.6 is 0 Å². The van der Waals surface area contributed by atoms with Crippen molar-refractivity contribution >= 4 is 0 Å². The minimum Gasteiger partial charge on any atom is -0.376 e. The minimum absolute atomic E-state index is 0.0953. The highest BCUT2D eigenvalue weighted by Crippen LogP contribution is 2.08. The van der Waals surface area contributed by atoms with Gasteiger partial charge in [-0.25, -0.2) is 0 Å². The van der Waals surface area contributed by atoms with Gasteiger partial charge in [0.15, 0.2) is 0 Å². The van der Waals surface area contributed by atoms with E-state index < -0.39 is 0 Å². The average Bonchev–Trinajstić information content (AvgIpc) is 2.19. The first-order valence-electron chi connectivity index (χ1n) is 6.22. The molecule has 0 aliphatic rings. The summed E-state index contributed by atoms with van der Waals surface area (Å²) >= 11 is 0. The molecular weight excluding hydrogens is 204 g/mol. The Morgan fingerprint density at radius 1 is 0.938 bits per heavy atom. The molecule has 0 spiro atoms. The van der Waals surface area contributed by atoms with E-state index in [2.05, 4.69) is 6.92 Å². The third kappa shape index (κ3) is 10.4. The molecule has 0 aromatic carbocycles. The van der Waals surface area contributed by atoms with Gasteiger partial charge in [0.2, 0.25) is 0 Å². The van der Waals surface area contributed by atoms with Crippen molar-refractivity contribution < 1.29 is 14.2 Å². The maximum Gasteiger partial charge on any atom is 0.0782 e. The first-order valence-corrected chi connectivity index (χ1v) is 6.22. The molecule has 0 saturated heterocycles. The number of ether oxygens (including phenoxy) is 3. The molecule has 3 nitrogen and oxygen atoms in total. The molecule has 16 heavy (non-hydrogen) atoms. The van der Waals surface area contributed by atoms with Gasteiger partial charge in [0.05, 0.1) is 31.0 Å². The summed E-state index contributed by atoms with van der Waals surface area (Å²) in [4.78, 5) is 0. The van der Waals surface area contributed by atoms with Crippen molar-refractivity contribution in [2.24, 2.45) is 0 Å². The van der Waals surface area contributed by atoms with E-state index in [0.29, 0.717) is 13.2 Å². The smallest absolute Gasteiger partial charge is 0.0782 e. The first kappa shape index (κ1) is 15.9. The standard InChI is InChI=1S/C13H28O3/c1-7-8-14-11(2)9-15-12(3)10-16-13(4,5)6/h11-12H,7-10H2,1-6H3. The molecule has 2 unspecified atom stereocenters. The fraction of sp³-hybridized carbons (Fsp3) is 1.00. The molecule has 0 aromatic heterocycles. The third-order valence-corrected chi connectivity index (χ3v) is 1.97. The van der Waals surface area contributed by atoms with Gasteiger partial charge in [-0.05, 0) is 41.0 Å². The van der Waals surface area contributed by atoms with Gasteiger partial charge < -0.3 is 14.2 Å². The Bertz CT molecular complexity index is 163. The molecule has 0 bridgehead atoms. The Labute approximate surface area is 100 Å². The van der Waals surface area contributed by atoms with E-state index in [4.69, 9.17) is 14.2 Å². The second kappa shape index (κ2) is 8.04. The quantitative estimate of drug-likeness (QED) is 0.644. The Kier molecular flexibility index (Phi) is 7.98. The minimum atomic E-state index is -0.0953. The van der Waals surface area contributed by atoms with Crippen molar-refractivity contribution in [1.29, 1.82) is 0 Å². The fourth-order valence-corrected chi connectivity index (χ4v) is 1.08. The Hall–Kier alpha value is -0.120. The van der Waals surface area contributed by atoms with Crippen molar-refractivity contribution in [2.45, 2.75) is 65.8 Å². The average molecular weight is 232 g/mol. The number of rotatable bonds is 8. The molecule has 0 aromatic rings. The van der Waals surface area contributed by atoms with Gasteiger partial charge >= 0.3 is 0 Å². The first-order chi connectivity index (χ1) is 7.35. The summed E-state index contributed by atoms with van der Waals surface area (Å²) in [6.07, 6.45) is 1.33. The molecule has 0 rings (SSSR count). The van der Waals surface area contributed by atoms with Gasteiger partial charge in [0.25, 0.3) is 0 Å². The van der Waals surface area contributed by atoms with Crippen LogP contribution in [-0.2, 0) is 14.2 Å². The number of hydrogen-bond acceptors (Lipinski definition) is 3. The van der Waals surface area contributed by atoms with Crippen LogP contribution in [0.3, 0.4) is 0 Å².